The van der Waals surface area contributed by atoms with E-state index in [4.69, 9.17) is 10.8 Å². The second-order valence-corrected chi connectivity index (χ2v) is 4.82. The zero-order valence-corrected chi connectivity index (χ0v) is 10.2. The van der Waals surface area contributed by atoms with Crippen LogP contribution in [-0.2, 0) is 9.59 Å². The third kappa shape index (κ3) is 4.73. The SMILES string of the molecule is NC1(C(=O)NCCCCCCC(=O)O)CCC1. The highest BCUT2D eigenvalue weighted by Crippen LogP contribution is 2.28. The van der Waals surface area contributed by atoms with Gasteiger partial charge in [0.05, 0.1) is 5.54 Å². The lowest BCUT2D eigenvalue weighted by Crippen LogP contribution is -2.58. The highest BCUT2D eigenvalue weighted by Gasteiger charge is 2.39. The van der Waals surface area contributed by atoms with Gasteiger partial charge < -0.3 is 16.2 Å². The molecule has 4 N–H and O–H groups in total. The second kappa shape index (κ2) is 6.59. The Morgan fingerprint density at radius 1 is 1.18 bits per heavy atom. The zero-order chi connectivity index (χ0) is 12.7. The molecule has 5 nitrogen and oxygen atoms in total. The molecule has 0 aliphatic heterocycles. The van der Waals surface area contributed by atoms with E-state index in [0.717, 1.165) is 38.5 Å². The highest BCUT2D eigenvalue weighted by molar-refractivity contribution is 5.86. The Hall–Kier alpha value is -1.10. The minimum atomic E-state index is -0.742. The molecule has 0 spiro atoms. The Morgan fingerprint density at radius 2 is 1.82 bits per heavy atom. The third-order valence-corrected chi connectivity index (χ3v) is 3.30. The van der Waals surface area contributed by atoms with E-state index in [-0.39, 0.29) is 12.3 Å². The number of aliphatic carboxylic acids is 1. The molecule has 0 radical (unpaired) electrons. The smallest absolute Gasteiger partial charge is 0.303 e. The number of carboxylic acids is 1. The number of amides is 1. The van der Waals surface area contributed by atoms with E-state index < -0.39 is 11.5 Å². The number of unbranched alkanes of at least 4 members (excludes halogenated alkanes) is 3. The van der Waals surface area contributed by atoms with Crippen molar-refractivity contribution in [3.8, 4) is 0 Å². The highest BCUT2D eigenvalue weighted by atomic mass is 16.4. The Balaban J connectivity index is 1.93. The summed E-state index contributed by atoms with van der Waals surface area (Å²) in [5.74, 6) is -0.775. The van der Waals surface area contributed by atoms with Crippen LogP contribution in [0.4, 0.5) is 0 Å². The van der Waals surface area contributed by atoms with Gasteiger partial charge in [-0.1, -0.05) is 12.8 Å². The standard InChI is InChI=1S/C12H22N2O3/c13-12(7-5-8-12)11(17)14-9-4-2-1-3-6-10(15)16/h1-9,13H2,(H,14,17)(H,15,16). The molecule has 1 saturated carbocycles. The number of rotatable bonds is 8. The molecule has 1 aliphatic carbocycles. The number of hydrogen-bond donors (Lipinski definition) is 3. The van der Waals surface area contributed by atoms with Crippen molar-refractivity contribution in [3.63, 3.8) is 0 Å². The van der Waals surface area contributed by atoms with Crippen molar-refractivity contribution in [2.75, 3.05) is 6.54 Å². The van der Waals surface area contributed by atoms with Crippen molar-refractivity contribution in [1.29, 1.82) is 0 Å². The van der Waals surface area contributed by atoms with Gasteiger partial charge in [0.2, 0.25) is 5.91 Å². The van der Waals surface area contributed by atoms with Gasteiger partial charge in [0, 0.05) is 13.0 Å². The largest absolute Gasteiger partial charge is 0.481 e. The molecule has 0 atom stereocenters. The Kier molecular flexibility index (Phi) is 5.41. The number of hydrogen-bond acceptors (Lipinski definition) is 3. The van der Waals surface area contributed by atoms with Gasteiger partial charge in [-0.25, -0.2) is 0 Å². The van der Waals surface area contributed by atoms with Crippen molar-refractivity contribution in [2.24, 2.45) is 5.73 Å². The van der Waals surface area contributed by atoms with E-state index in [2.05, 4.69) is 5.32 Å². The first-order valence-corrected chi connectivity index (χ1v) is 6.33. The lowest BCUT2D eigenvalue weighted by molar-refractivity contribution is -0.137. The van der Waals surface area contributed by atoms with E-state index in [9.17, 15) is 9.59 Å². The van der Waals surface area contributed by atoms with Crippen molar-refractivity contribution >= 4 is 11.9 Å². The Bertz CT molecular complexity index is 275. The summed E-state index contributed by atoms with van der Waals surface area (Å²) in [5, 5.41) is 11.3. The van der Waals surface area contributed by atoms with Crippen LogP contribution in [0.5, 0.6) is 0 Å². The minimum absolute atomic E-state index is 0.0331. The number of nitrogens with one attached hydrogen (secondary N) is 1. The first-order valence-electron chi connectivity index (χ1n) is 6.33. The third-order valence-electron chi connectivity index (χ3n) is 3.30. The van der Waals surface area contributed by atoms with E-state index in [1.807, 2.05) is 0 Å². The van der Waals surface area contributed by atoms with E-state index >= 15 is 0 Å². The maximum Gasteiger partial charge on any atom is 0.303 e. The van der Waals surface area contributed by atoms with Gasteiger partial charge in [-0.15, -0.1) is 0 Å². The molecule has 98 valence electrons. The van der Waals surface area contributed by atoms with E-state index in [1.54, 1.807) is 0 Å². The predicted molar refractivity (Wildman–Crippen MR) is 64.5 cm³/mol. The van der Waals surface area contributed by atoms with Crippen LogP contribution >= 0.6 is 0 Å². The molecule has 1 aliphatic rings. The van der Waals surface area contributed by atoms with Gasteiger partial charge in [-0.3, -0.25) is 9.59 Å². The zero-order valence-electron chi connectivity index (χ0n) is 10.2. The number of nitrogens with two attached hydrogens (primary N) is 1. The molecular weight excluding hydrogens is 220 g/mol. The first-order chi connectivity index (χ1) is 8.04. The van der Waals surface area contributed by atoms with Gasteiger partial charge in [0.15, 0.2) is 0 Å². The van der Waals surface area contributed by atoms with Crippen LogP contribution in [0, 0.1) is 0 Å². The minimum Gasteiger partial charge on any atom is -0.481 e. The van der Waals surface area contributed by atoms with Crippen LogP contribution < -0.4 is 11.1 Å². The molecule has 0 saturated heterocycles. The summed E-state index contributed by atoms with van der Waals surface area (Å²) in [6, 6.07) is 0. The van der Waals surface area contributed by atoms with Crippen LogP contribution in [-0.4, -0.2) is 29.1 Å². The molecule has 0 aromatic carbocycles. The lowest BCUT2D eigenvalue weighted by atomic mass is 9.77. The molecule has 1 rings (SSSR count). The number of carbonyl (C=O) groups excluding carboxylic acids is 1. The molecule has 0 aromatic heterocycles. The molecule has 0 heterocycles. The van der Waals surface area contributed by atoms with Crippen molar-refractivity contribution in [2.45, 2.75) is 56.9 Å². The molecule has 0 bridgehead atoms. The van der Waals surface area contributed by atoms with Gasteiger partial charge in [0.25, 0.3) is 0 Å². The summed E-state index contributed by atoms with van der Waals surface area (Å²) in [7, 11) is 0. The second-order valence-electron chi connectivity index (χ2n) is 4.82. The first kappa shape index (κ1) is 14.0. The van der Waals surface area contributed by atoms with Gasteiger partial charge in [0.1, 0.15) is 0 Å². The summed E-state index contributed by atoms with van der Waals surface area (Å²) in [6.45, 7) is 0.644. The number of carbonyl (C=O) groups is 2. The fraction of sp³-hybridized carbons (Fsp3) is 0.833. The Morgan fingerprint density at radius 3 is 2.35 bits per heavy atom. The molecule has 1 amide bonds. The van der Waals surface area contributed by atoms with Crippen molar-refractivity contribution in [3.05, 3.63) is 0 Å². The summed E-state index contributed by atoms with van der Waals surface area (Å²) in [5.41, 5.74) is 5.26. The summed E-state index contributed by atoms with van der Waals surface area (Å²) in [6.07, 6.45) is 6.30. The molecule has 1 fully saturated rings. The van der Waals surface area contributed by atoms with Crippen LogP contribution in [0.2, 0.25) is 0 Å². The average Bonchev–Trinajstić information content (AvgIpc) is 2.23. The molecule has 0 aromatic rings. The maximum absolute atomic E-state index is 11.6. The van der Waals surface area contributed by atoms with Crippen molar-refractivity contribution in [1.82, 2.24) is 5.32 Å². The van der Waals surface area contributed by atoms with E-state index in [0.29, 0.717) is 13.0 Å². The predicted octanol–water partition coefficient (Wildman–Crippen LogP) is 1.02. The van der Waals surface area contributed by atoms with Crippen LogP contribution in [0.1, 0.15) is 51.4 Å². The maximum atomic E-state index is 11.6. The topological polar surface area (TPSA) is 92.4 Å². The average molecular weight is 242 g/mol. The van der Waals surface area contributed by atoms with Gasteiger partial charge >= 0.3 is 5.97 Å². The lowest BCUT2D eigenvalue weighted by Gasteiger charge is -2.36. The summed E-state index contributed by atoms with van der Waals surface area (Å²) in [4.78, 5) is 21.9. The molecule has 17 heavy (non-hydrogen) atoms. The molecule has 5 heteroatoms. The summed E-state index contributed by atoms with van der Waals surface area (Å²) < 4.78 is 0. The molecule has 0 unspecified atom stereocenters. The van der Waals surface area contributed by atoms with Crippen LogP contribution in [0.3, 0.4) is 0 Å². The van der Waals surface area contributed by atoms with Gasteiger partial charge in [-0.2, -0.15) is 0 Å². The molecular formula is C12H22N2O3. The number of carboxylic acid groups (broad SMARTS) is 1. The van der Waals surface area contributed by atoms with E-state index in [1.165, 1.54) is 0 Å². The summed E-state index contributed by atoms with van der Waals surface area (Å²) >= 11 is 0. The normalized spacial score (nSPS) is 17.2. The quantitative estimate of drug-likeness (QED) is 0.554. The monoisotopic (exact) mass is 242 g/mol. The van der Waals surface area contributed by atoms with Crippen molar-refractivity contribution < 1.29 is 14.7 Å². The fourth-order valence-corrected chi connectivity index (χ4v) is 1.92. The fourth-order valence-electron chi connectivity index (χ4n) is 1.92. The van der Waals surface area contributed by atoms with Crippen LogP contribution in [0.25, 0.3) is 0 Å². The van der Waals surface area contributed by atoms with Crippen LogP contribution in [0.15, 0.2) is 0 Å². The van der Waals surface area contributed by atoms with Gasteiger partial charge in [-0.05, 0) is 32.1 Å². The Labute approximate surface area is 102 Å².